The van der Waals surface area contributed by atoms with E-state index in [0.717, 1.165) is 21.3 Å². The summed E-state index contributed by atoms with van der Waals surface area (Å²) in [4.78, 5) is 0. The monoisotopic (exact) mass is 308 g/mol. The van der Waals surface area contributed by atoms with E-state index in [4.69, 9.17) is 0 Å². The number of hydrogen-bond donors (Lipinski definition) is 1. The third-order valence-corrected chi connectivity index (χ3v) is 2.76. The Morgan fingerprint density at radius 3 is 2.77 bits per heavy atom. The second-order valence-corrected chi connectivity index (χ2v) is 4.00. The molecule has 13 heavy (non-hydrogen) atoms. The lowest BCUT2D eigenvalue weighted by molar-refractivity contribution is 0.377. The maximum absolute atomic E-state index is 4.20. The molecule has 0 unspecified atom stereocenters. The fraction of sp³-hybridized carbons (Fsp3) is 0.429. The van der Waals surface area contributed by atoms with E-state index in [9.17, 15) is 0 Å². The van der Waals surface area contributed by atoms with Gasteiger partial charge in [-0.15, -0.1) is 0 Å². The van der Waals surface area contributed by atoms with E-state index in [1.54, 1.807) is 6.21 Å². The predicted octanol–water partition coefficient (Wildman–Crippen LogP) is 2.22. The van der Waals surface area contributed by atoms with Gasteiger partial charge in [0, 0.05) is 13.6 Å². The average molecular weight is 310 g/mol. The van der Waals surface area contributed by atoms with Crippen molar-refractivity contribution >= 4 is 38.1 Å². The first-order chi connectivity index (χ1) is 6.15. The molecule has 1 aromatic heterocycles. The zero-order chi connectivity index (χ0) is 9.84. The lowest BCUT2D eigenvalue weighted by Gasteiger charge is -2.07. The highest BCUT2D eigenvalue weighted by atomic mass is 79.9. The Kier molecular flexibility index (Phi) is 3.92. The molecule has 0 aliphatic carbocycles. The van der Waals surface area contributed by atoms with Gasteiger partial charge in [-0.1, -0.05) is 0 Å². The van der Waals surface area contributed by atoms with Crippen molar-refractivity contribution < 1.29 is 0 Å². The smallest absolute Gasteiger partial charge is 0.137 e. The van der Waals surface area contributed by atoms with Crippen molar-refractivity contribution in [3.05, 3.63) is 14.8 Å². The highest BCUT2D eigenvalue weighted by molar-refractivity contribution is 9.11. The van der Waals surface area contributed by atoms with Crippen LogP contribution in [0.3, 0.4) is 0 Å². The minimum atomic E-state index is 0.757. The minimum absolute atomic E-state index is 0.757. The summed E-state index contributed by atoms with van der Waals surface area (Å²) < 4.78 is 1.58. The predicted molar refractivity (Wildman–Crippen MR) is 59.9 cm³/mol. The van der Waals surface area contributed by atoms with E-state index in [0.29, 0.717) is 0 Å². The Morgan fingerprint density at radius 2 is 2.31 bits per heavy atom. The van der Waals surface area contributed by atoms with Gasteiger partial charge in [-0.3, -0.25) is 5.10 Å². The first-order valence-electron chi connectivity index (χ1n) is 3.79. The van der Waals surface area contributed by atoms with E-state index >= 15 is 0 Å². The van der Waals surface area contributed by atoms with Crippen LogP contribution in [-0.2, 0) is 0 Å². The molecule has 0 radical (unpaired) electrons. The number of hydrogen-bond acceptors (Lipinski definition) is 3. The summed E-state index contributed by atoms with van der Waals surface area (Å²) in [5.74, 6) is 0. The summed E-state index contributed by atoms with van der Waals surface area (Å²) in [6, 6.07) is 0. The summed E-state index contributed by atoms with van der Waals surface area (Å²) in [6.45, 7) is 2.92. The van der Waals surface area contributed by atoms with Gasteiger partial charge in [0.2, 0.25) is 0 Å². The van der Waals surface area contributed by atoms with Crippen molar-refractivity contribution in [3.8, 4) is 0 Å². The fourth-order valence-electron chi connectivity index (χ4n) is 0.657. The summed E-state index contributed by atoms with van der Waals surface area (Å²) in [5.41, 5.74) is 0.917. The first kappa shape index (κ1) is 10.7. The van der Waals surface area contributed by atoms with Gasteiger partial charge in [0.15, 0.2) is 0 Å². The number of rotatable bonds is 3. The molecule has 0 atom stereocenters. The summed E-state index contributed by atoms with van der Waals surface area (Å²) >= 11 is 6.64. The van der Waals surface area contributed by atoms with Gasteiger partial charge in [0.25, 0.3) is 0 Å². The molecule has 1 heterocycles. The molecular weight excluding hydrogens is 300 g/mol. The Morgan fingerprint density at radius 1 is 1.62 bits per heavy atom. The molecule has 0 aliphatic heterocycles. The van der Waals surface area contributed by atoms with Crippen molar-refractivity contribution in [2.75, 3.05) is 13.6 Å². The van der Waals surface area contributed by atoms with Crippen LogP contribution in [0, 0.1) is 0 Å². The molecule has 1 N–H and O–H groups in total. The topological polar surface area (TPSA) is 44.3 Å². The largest absolute Gasteiger partial charge is 0.300 e. The number of nitrogens with one attached hydrogen (secondary N) is 1. The van der Waals surface area contributed by atoms with Crippen LogP contribution in [0.15, 0.2) is 14.3 Å². The van der Waals surface area contributed by atoms with Crippen LogP contribution in [-0.4, -0.2) is 35.0 Å². The Bertz CT molecular complexity index is 288. The first-order valence-corrected chi connectivity index (χ1v) is 5.38. The molecule has 0 aromatic carbocycles. The molecular formula is C7H10Br2N4. The molecule has 72 valence electrons. The number of aromatic nitrogens is 2. The van der Waals surface area contributed by atoms with Gasteiger partial charge in [-0.05, 0) is 38.8 Å². The van der Waals surface area contributed by atoms with Crippen LogP contribution in [0.5, 0.6) is 0 Å². The molecule has 0 spiro atoms. The van der Waals surface area contributed by atoms with Gasteiger partial charge in [-0.2, -0.15) is 10.2 Å². The van der Waals surface area contributed by atoms with Gasteiger partial charge in [0.05, 0.1) is 11.8 Å². The lowest BCUT2D eigenvalue weighted by Crippen LogP contribution is -2.09. The van der Waals surface area contributed by atoms with Crippen molar-refractivity contribution in [2.45, 2.75) is 6.92 Å². The normalized spacial score (nSPS) is 11.1. The molecule has 1 rings (SSSR count). The molecule has 0 fully saturated rings. The van der Waals surface area contributed by atoms with Crippen molar-refractivity contribution in [1.29, 1.82) is 0 Å². The quantitative estimate of drug-likeness (QED) is 0.687. The molecule has 0 saturated carbocycles. The Labute approximate surface area is 93.6 Å². The van der Waals surface area contributed by atoms with Gasteiger partial charge >= 0.3 is 0 Å². The third-order valence-electron chi connectivity index (χ3n) is 1.55. The molecule has 0 saturated heterocycles. The second kappa shape index (κ2) is 4.76. The van der Waals surface area contributed by atoms with Gasteiger partial charge in [-0.25, -0.2) is 0 Å². The number of hydrazone groups is 1. The van der Waals surface area contributed by atoms with Crippen molar-refractivity contribution in [1.82, 2.24) is 15.2 Å². The highest BCUT2D eigenvalue weighted by Crippen LogP contribution is 2.19. The maximum atomic E-state index is 4.20. The van der Waals surface area contributed by atoms with Crippen LogP contribution >= 0.6 is 31.9 Å². The molecule has 6 heteroatoms. The van der Waals surface area contributed by atoms with Crippen molar-refractivity contribution in [2.24, 2.45) is 5.10 Å². The molecule has 0 aliphatic rings. The Hall–Kier alpha value is -0.360. The zero-order valence-electron chi connectivity index (χ0n) is 7.38. The Balaban J connectivity index is 2.78. The number of H-pyrrole nitrogens is 1. The second-order valence-electron chi connectivity index (χ2n) is 2.46. The molecule has 0 amide bonds. The standard InChI is InChI=1S/C7H10Br2N4/c1-3-13(2)10-4-5-6(8)11-12-7(5)9/h4H,3H2,1-2H3,(H,11,12)/b10-4+. The maximum Gasteiger partial charge on any atom is 0.137 e. The van der Waals surface area contributed by atoms with Crippen LogP contribution in [0.1, 0.15) is 12.5 Å². The van der Waals surface area contributed by atoms with Gasteiger partial charge in [0.1, 0.15) is 9.21 Å². The summed E-state index contributed by atoms with van der Waals surface area (Å²) in [7, 11) is 1.92. The highest BCUT2D eigenvalue weighted by Gasteiger charge is 2.05. The third kappa shape index (κ3) is 2.80. The minimum Gasteiger partial charge on any atom is -0.300 e. The van der Waals surface area contributed by atoms with Crippen LogP contribution in [0.2, 0.25) is 0 Å². The summed E-state index contributed by atoms with van der Waals surface area (Å²) in [5, 5.41) is 12.8. The van der Waals surface area contributed by atoms with Crippen molar-refractivity contribution in [3.63, 3.8) is 0 Å². The fourth-order valence-corrected chi connectivity index (χ4v) is 1.69. The van der Waals surface area contributed by atoms with E-state index in [1.807, 2.05) is 19.0 Å². The molecule has 1 aromatic rings. The van der Waals surface area contributed by atoms with Crippen LogP contribution in [0.4, 0.5) is 0 Å². The van der Waals surface area contributed by atoms with Crippen LogP contribution in [0.25, 0.3) is 0 Å². The zero-order valence-corrected chi connectivity index (χ0v) is 10.6. The van der Waals surface area contributed by atoms with Crippen LogP contribution < -0.4 is 0 Å². The lowest BCUT2D eigenvalue weighted by atomic mass is 10.4. The van der Waals surface area contributed by atoms with Gasteiger partial charge < -0.3 is 5.01 Å². The average Bonchev–Trinajstić information content (AvgIpc) is 2.43. The van der Waals surface area contributed by atoms with E-state index in [2.05, 4.69) is 47.2 Å². The number of halogens is 2. The number of nitrogens with zero attached hydrogens (tertiary/aromatic N) is 3. The summed E-state index contributed by atoms with van der Waals surface area (Å²) in [6.07, 6.45) is 1.75. The molecule has 4 nitrogen and oxygen atoms in total. The van der Waals surface area contributed by atoms with E-state index in [-0.39, 0.29) is 0 Å². The number of aromatic amines is 1. The molecule has 0 bridgehead atoms. The SMILES string of the molecule is CCN(C)/N=C/c1c(Br)n[nH]c1Br. The van der Waals surface area contributed by atoms with E-state index < -0.39 is 0 Å². The van der Waals surface area contributed by atoms with E-state index in [1.165, 1.54) is 0 Å².